The third kappa shape index (κ3) is 4.24. The first-order valence-corrected chi connectivity index (χ1v) is 5.91. The van der Waals surface area contributed by atoms with Crippen LogP contribution in [-0.4, -0.2) is 29.5 Å². The van der Waals surface area contributed by atoms with Gasteiger partial charge in [0.2, 0.25) is 0 Å². The van der Waals surface area contributed by atoms with Gasteiger partial charge in [-0.3, -0.25) is 0 Å². The van der Waals surface area contributed by atoms with E-state index < -0.39 is 0 Å². The number of ether oxygens (including phenoxy) is 1. The van der Waals surface area contributed by atoms with Gasteiger partial charge in [0.1, 0.15) is 11.5 Å². The van der Waals surface area contributed by atoms with Crippen molar-refractivity contribution in [2.24, 2.45) is 0 Å². The summed E-state index contributed by atoms with van der Waals surface area (Å²) >= 11 is 0. The van der Waals surface area contributed by atoms with Crippen LogP contribution in [0.4, 0.5) is 0 Å². The van der Waals surface area contributed by atoms with E-state index in [0.717, 1.165) is 12.1 Å². The lowest BCUT2D eigenvalue weighted by molar-refractivity contribution is 0.0743. The molecule has 0 aliphatic rings. The van der Waals surface area contributed by atoms with Crippen LogP contribution in [0.25, 0.3) is 0 Å². The predicted molar refractivity (Wildman–Crippen MR) is 67.3 cm³/mol. The Bertz CT molecular complexity index is 355. The molecule has 2 unspecified atom stereocenters. The van der Waals surface area contributed by atoms with Gasteiger partial charge < -0.3 is 20.3 Å². The lowest BCUT2D eigenvalue weighted by atomic mass is 10.1. The summed E-state index contributed by atoms with van der Waals surface area (Å²) < 4.78 is 5.41. The molecule has 0 saturated carbocycles. The molecule has 1 aromatic rings. The van der Waals surface area contributed by atoms with Gasteiger partial charge >= 0.3 is 0 Å². The standard InChI is InChI=1S/C13H21NO3/c1-4-17-9(2)8-14-10(3)12-6-5-11(15)7-13(12)16/h5-7,9-10,14-16H,4,8H2,1-3H3. The fraction of sp³-hybridized carbons (Fsp3) is 0.538. The quantitative estimate of drug-likeness (QED) is 0.712. The van der Waals surface area contributed by atoms with Gasteiger partial charge in [0.25, 0.3) is 0 Å². The van der Waals surface area contributed by atoms with Crippen molar-refractivity contribution in [3.63, 3.8) is 0 Å². The van der Waals surface area contributed by atoms with Crippen LogP contribution in [0.1, 0.15) is 32.4 Å². The van der Waals surface area contributed by atoms with Crippen LogP contribution in [0.3, 0.4) is 0 Å². The van der Waals surface area contributed by atoms with Crippen LogP contribution in [0.15, 0.2) is 18.2 Å². The molecule has 1 rings (SSSR count). The van der Waals surface area contributed by atoms with Gasteiger partial charge in [-0.15, -0.1) is 0 Å². The molecule has 96 valence electrons. The molecule has 3 N–H and O–H groups in total. The highest BCUT2D eigenvalue weighted by atomic mass is 16.5. The number of phenolic OH excluding ortho intramolecular Hbond substituents is 2. The Morgan fingerprint density at radius 3 is 2.59 bits per heavy atom. The van der Waals surface area contributed by atoms with Crippen LogP contribution in [0.5, 0.6) is 11.5 Å². The van der Waals surface area contributed by atoms with E-state index in [4.69, 9.17) is 4.74 Å². The molecule has 2 atom stereocenters. The number of nitrogens with one attached hydrogen (secondary N) is 1. The SMILES string of the molecule is CCOC(C)CNC(C)c1ccc(O)cc1O. The average molecular weight is 239 g/mol. The third-order valence-corrected chi connectivity index (χ3v) is 2.64. The molecule has 0 bridgehead atoms. The largest absolute Gasteiger partial charge is 0.508 e. The lowest BCUT2D eigenvalue weighted by Crippen LogP contribution is -2.29. The molecule has 0 aromatic heterocycles. The Kier molecular flexibility index (Phi) is 5.25. The topological polar surface area (TPSA) is 61.7 Å². The van der Waals surface area contributed by atoms with E-state index in [-0.39, 0.29) is 23.6 Å². The maximum absolute atomic E-state index is 9.70. The van der Waals surface area contributed by atoms with Crippen LogP contribution in [-0.2, 0) is 4.74 Å². The summed E-state index contributed by atoms with van der Waals surface area (Å²) in [4.78, 5) is 0. The molecule has 4 heteroatoms. The summed E-state index contributed by atoms with van der Waals surface area (Å²) in [6.07, 6.45) is 0.140. The summed E-state index contributed by atoms with van der Waals surface area (Å²) in [5, 5.41) is 22.2. The maximum atomic E-state index is 9.70. The van der Waals surface area contributed by atoms with Crippen molar-refractivity contribution >= 4 is 0 Å². The van der Waals surface area contributed by atoms with Gasteiger partial charge in [-0.1, -0.05) is 6.07 Å². The van der Waals surface area contributed by atoms with Crippen molar-refractivity contribution in [3.05, 3.63) is 23.8 Å². The summed E-state index contributed by atoms with van der Waals surface area (Å²) in [6, 6.07) is 4.64. The highest BCUT2D eigenvalue weighted by Crippen LogP contribution is 2.27. The highest BCUT2D eigenvalue weighted by Gasteiger charge is 2.11. The molecule has 0 heterocycles. The molecule has 17 heavy (non-hydrogen) atoms. The minimum absolute atomic E-state index is 0.0125. The molecule has 0 fully saturated rings. The van der Waals surface area contributed by atoms with E-state index in [0.29, 0.717) is 6.61 Å². The van der Waals surface area contributed by atoms with Crippen molar-refractivity contribution < 1.29 is 14.9 Å². The van der Waals surface area contributed by atoms with Gasteiger partial charge in [-0.25, -0.2) is 0 Å². The number of phenols is 2. The Hall–Kier alpha value is -1.26. The number of hydrogen-bond acceptors (Lipinski definition) is 4. The van der Waals surface area contributed by atoms with E-state index in [1.165, 1.54) is 6.07 Å². The molecule has 0 amide bonds. The van der Waals surface area contributed by atoms with Crippen LogP contribution >= 0.6 is 0 Å². The zero-order valence-corrected chi connectivity index (χ0v) is 10.6. The molecule has 0 radical (unpaired) electrons. The summed E-state index contributed by atoms with van der Waals surface area (Å²) in [7, 11) is 0. The van der Waals surface area contributed by atoms with E-state index in [1.54, 1.807) is 12.1 Å². The van der Waals surface area contributed by atoms with Crippen molar-refractivity contribution in [1.29, 1.82) is 0 Å². The molecule has 0 saturated heterocycles. The maximum Gasteiger partial charge on any atom is 0.124 e. The molecular formula is C13H21NO3. The second-order valence-electron chi connectivity index (χ2n) is 4.14. The highest BCUT2D eigenvalue weighted by molar-refractivity contribution is 5.40. The first-order chi connectivity index (χ1) is 8.04. The number of hydrogen-bond donors (Lipinski definition) is 3. The molecular weight excluding hydrogens is 218 g/mol. The van der Waals surface area contributed by atoms with Gasteiger partial charge in [0.15, 0.2) is 0 Å². The minimum Gasteiger partial charge on any atom is -0.508 e. The van der Waals surface area contributed by atoms with E-state index in [9.17, 15) is 10.2 Å². The van der Waals surface area contributed by atoms with Gasteiger partial charge in [-0.05, 0) is 26.8 Å². The van der Waals surface area contributed by atoms with Crippen LogP contribution in [0, 0.1) is 0 Å². The summed E-state index contributed by atoms with van der Waals surface area (Å²) in [5.41, 5.74) is 0.770. The minimum atomic E-state index is 0.0125. The van der Waals surface area contributed by atoms with Crippen molar-refractivity contribution in [2.75, 3.05) is 13.2 Å². The summed E-state index contributed by atoms with van der Waals surface area (Å²) in [5.74, 6) is 0.176. The number of aromatic hydroxyl groups is 2. The lowest BCUT2D eigenvalue weighted by Gasteiger charge is -2.19. The first kappa shape index (κ1) is 13.8. The Labute approximate surface area is 102 Å². The van der Waals surface area contributed by atoms with Crippen molar-refractivity contribution in [3.8, 4) is 11.5 Å². The zero-order valence-electron chi connectivity index (χ0n) is 10.6. The second-order valence-corrected chi connectivity index (χ2v) is 4.14. The fourth-order valence-electron chi connectivity index (χ4n) is 1.69. The van der Waals surface area contributed by atoms with Gasteiger partial charge in [-0.2, -0.15) is 0 Å². The number of benzene rings is 1. The normalized spacial score (nSPS) is 14.5. The van der Waals surface area contributed by atoms with Crippen LogP contribution < -0.4 is 5.32 Å². The average Bonchev–Trinajstić information content (AvgIpc) is 2.26. The summed E-state index contributed by atoms with van der Waals surface area (Å²) in [6.45, 7) is 7.34. The molecule has 4 nitrogen and oxygen atoms in total. The Balaban J connectivity index is 2.54. The molecule has 0 aliphatic carbocycles. The molecule has 1 aromatic carbocycles. The smallest absolute Gasteiger partial charge is 0.124 e. The Morgan fingerprint density at radius 1 is 1.29 bits per heavy atom. The third-order valence-electron chi connectivity index (χ3n) is 2.64. The second kappa shape index (κ2) is 6.47. The van der Waals surface area contributed by atoms with Crippen molar-refractivity contribution in [1.82, 2.24) is 5.32 Å². The van der Waals surface area contributed by atoms with Crippen molar-refractivity contribution in [2.45, 2.75) is 32.9 Å². The van der Waals surface area contributed by atoms with Gasteiger partial charge in [0, 0.05) is 30.8 Å². The van der Waals surface area contributed by atoms with E-state index in [2.05, 4.69) is 5.32 Å². The molecule has 0 aliphatic heterocycles. The van der Waals surface area contributed by atoms with E-state index in [1.807, 2.05) is 20.8 Å². The van der Waals surface area contributed by atoms with E-state index >= 15 is 0 Å². The monoisotopic (exact) mass is 239 g/mol. The molecule has 0 spiro atoms. The predicted octanol–water partition coefficient (Wildman–Crippen LogP) is 2.17. The first-order valence-electron chi connectivity index (χ1n) is 5.91. The fourth-order valence-corrected chi connectivity index (χ4v) is 1.69. The van der Waals surface area contributed by atoms with Gasteiger partial charge in [0.05, 0.1) is 6.10 Å². The van der Waals surface area contributed by atoms with Crippen LogP contribution in [0.2, 0.25) is 0 Å². The Morgan fingerprint density at radius 2 is 2.00 bits per heavy atom. The zero-order chi connectivity index (χ0) is 12.8. The number of rotatable bonds is 6.